The van der Waals surface area contributed by atoms with Gasteiger partial charge in [-0.25, -0.2) is 4.98 Å². The van der Waals surface area contributed by atoms with Gasteiger partial charge in [0, 0.05) is 36.9 Å². The third-order valence-corrected chi connectivity index (χ3v) is 5.33. The van der Waals surface area contributed by atoms with Crippen molar-refractivity contribution in [3.8, 4) is 5.75 Å². The lowest BCUT2D eigenvalue weighted by molar-refractivity contribution is 0.126. The van der Waals surface area contributed by atoms with E-state index in [0.29, 0.717) is 6.04 Å². The first-order valence-corrected chi connectivity index (χ1v) is 9.47. The van der Waals surface area contributed by atoms with Crippen molar-refractivity contribution in [3.63, 3.8) is 0 Å². The van der Waals surface area contributed by atoms with Crippen LogP contribution >= 0.6 is 0 Å². The lowest BCUT2D eigenvalue weighted by Gasteiger charge is -2.35. The fraction of sp³-hybridized carbons (Fsp3) is 0.429. The molecule has 136 valence electrons. The van der Waals surface area contributed by atoms with Crippen LogP contribution in [-0.4, -0.2) is 39.4 Å². The minimum absolute atomic E-state index is 0.600. The molecule has 1 aliphatic rings. The maximum absolute atomic E-state index is 5.49. The molecule has 0 bridgehead atoms. The van der Waals surface area contributed by atoms with Crippen LogP contribution in [-0.2, 0) is 13.1 Å². The van der Waals surface area contributed by atoms with E-state index < -0.39 is 0 Å². The van der Waals surface area contributed by atoms with Gasteiger partial charge in [-0.05, 0) is 44.0 Å². The van der Waals surface area contributed by atoms with Crippen molar-refractivity contribution in [1.29, 1.82) is 0 Å². The number of piperidine rings is 1. The molecule has 2 aromatic heterocycles. The van der Waals surface area contributed by atoms with Gasteiger partial charge in [-0.3, -0.25) is 9.58 Å². The maximum atomic E-state index is 5.49. The molecule has 1 fully saturated rings. The van der Waals surface area contributed by atoms with E-state index >= 15 is 0 Å². The molecule has 5 heteroatoms. The van der Waals surface area contributed by atoms with Gasteiger partial charge in [-0.2, -0.15) is 5.10 Å². The molecule has 3 heterocycles. The van der Waals surface area contributed by atoms with Gasteiger partial charge in [-0.15, -0.1) is 0 Å². The summed E-state index contributed by atoms with van der Waals surface area (Å²) in [6.07, 6.45) is 8.89. The fourth-order valence-corrected chi connectivity index (χ4v) is 3.93. The molecule has 1 saturated heterocycles. The largest absolute Gasteiger partial charge is 0.494 e. The van der Waals surface area contributed by atoms with Gasteiger partial charge < -0.3 is 4.74 Å². The average molecular weight is 350 g/mol. The Morgan fingerprint density at radius 2 is 2.12 bits per heavy atom. The molecule has 4 rings (SSSR count). The summed E-state index contributed by atoms with van der Waals surface area (Å²) >= 11 is 0. The van der Waals surface area contributed by atoms with Crippen molar-refractivity contribution in [3.05, 3.63) is 54.5 Å². The molecule has 1 unspecified atom stereocenters. The summed E-state index contributed by atoms with van der Waals surface area (Å²) in [5.41, 5.74) is 2.07. The van der Waals surface area contributed by atoms with Crippen LogP contribution in [0, 0.1) is 0 Å². The number of para-hydroxylation sites is 1. The van der Waals surface area contributed by atoms with E-state index in [4.69, 9.17) is 9.72 Å². The molecule has 0 aliphatic carbocycles. The van der Waals surface area contributed by atoms with E-state index in [1.807, 2.05) is 35.3 Å². The molecule has 0 amide bonds. The van der Waals surface area contributed by atoms with Crippen LogP contribution < -0.4 is 4.74 Å². The molecule has 0 N–H and O–H groups in total. The summed E-state index contributed by atoms with van der Waals surface area (Å²) < 4.78 is 7.52. The van der Waals surface area contributed by atoms with Gasteiger partial charge in [0.2, 0.25) is 0 Å². The van der Waals surface area contributed by atoms with Gasteiger partial charge in [0.1, 0.15) is 11.3 Å². The third-order valence-electron chi connectivity index (χ3n) is 5.33. The highest BCUT2D eigenvalue weighted by Gasteiger charge is 2.23. The van der Waals surface area contributed by atoms with Crippen molar-refractivity contribution >= 4 is 10.9 Å². The molecule has 5 nitrogen and oxygen atoms in total. The van der Waals surface area contributed by atoms with Crippen molar-refractivity contribution < 1.29 is 4.74 Å². The Morgan fingerprint density at radius 1 is 1.15 bits per heavy atom. The second-order valence-corrected chi connectivity index (χ2v) is 7.01. The molecule has 0 spiro atoms. The number of aryl methyl sites for hydroxylation is 1. The van der Waals surface area contributed by atoms with Crippen LogP contribution in [0.2, 0.25) is 0 Å². The second kappa shape index (κ2) is 7.87. The van der Waals surface area contributed by atoms with E-state index in [2.05, 4.69) is 28.2 Å². The number of hydrogen-bond donors (Lipinski definition) is 0. The highest BCUT2D eigenvalue weighted by molar-refractivity contribution is 5.84. The number of pyridine rings is 1. The summed E-state index contributed by atoms with van der Waals surface area (Å²) in [5.74, 6) is 0.846. The average Bonchev–Trinajstić information content (AvgIpc) is 3.20. The Labute approximate surface area is 154 Å². The van der Waals surface area contributed by atoms with Crippen LogP contribution in [0.25, 0.3) is 10.9 Å². The zero-order valence-electron chi connectivity index (χ0n) is 15.3. The molecular weight excluding hydrogens is 324 g/mol. The fourth-order valence-electron chi connectivity index (χ4n) is 3.93. The quantitative estimate of drug-likeness (QED) is 0.676. The first kappa shape index (κ1) is 17.0. The van der Waals surface area contributed by atoms with Gasteiger partial charge in [-0.1, -0.05) is 24.6 Å². The third kappa shape index (κ3) is 3.73. The summed E-state index contributed by atoms with van der Waals surface area (Å²) in [7, 11) is 1.71. The minimum Gasteiger partial charge on any atom is -0.494 e. The van der Waals surface area contributed by atoms with E-state index in [1.54, 1.807) is 7.11 Å². The molecule has 0 radical (unpaired) electrons. The van der Waals surface area contributed by atoms with Crippen molar-refractivity contribution in [1.82, 2.24) is 19.7 Å². The lowest BCUT2D eigenvalue weighted by atomic mass is 9.99. The number of aromatic nitrogens is 3. The second-order valence-electron chi connectivity index (χ2n) is 7.01. The van der Waals surface area contributed by atoms with Crippen molar-refractivity contribution in [2.24, 2.45) is 0 Å². The lowest BCUT2D eigenvalue weighted by Crippen LogP contribution is -2.39. The van der Waals surface area contributed by atoms with Gasteiger partial charge in [0.25, 0.3) is 0 Å². The molecule has 1 aromatic carbocycles. The SMILES string of the molecule is COc1cccc2ccc(CN3CCCCC3CCn3cccn3)nc12. The molecule has 0 saturated carbocycles. The molecular formula is C21H26N4O. The maximum Gasteiger partial charge on any atom is 0.145 e. The monoisotopic (exact) mass is 350 g/mol. The van der Waals surface area contributed by atoms with Gasteiger partial charge in [0.15, 0.2) is 0 Å². The van der Waals surface area contributed by atoms with E-state index in [0.717, 1.165) is 48.4 Å². The van der Waals surface area contributed by atoms with Crippen molar-refractivity contribution in [2.75, 3.05) is 13.7 Å². The number of methoxy groups -OCH3 is 1. The number of ether oxygens (including phenoxy) is 1. The van der Waals surface area contributed by atoms with E-state index in [-0.39, 0.29) is 0 Å². The van der Waals surface area contributed by atoms with Crippen LogP contribution in [0.15, 0.2) is 48.8 Å². The normalized spacial score (nSPS) is 18.3. The number of likely N-dealkylation sites (tertiary alicyclic amines) is 1. The molecule has 1 aliphatic heterocycles. The van der Waals surface area contributed by atoms with E-state index in [9.17, 15) is 0 Å². The van der Waals surface area contributed by atoms with Gasteiger partial charge in [0.05, 0.1) is 12.8 Å². The predicted molar refractivity (Wildman–Crippen MR) is 103 cm³/mol. The zero-order valence-corrected chi connectivity index (χ0v) is 15.3. The van der Waals surface area contributed by atoms with E-state index in [1.165, 1.54) is 19.3 Å². The van der Waals surface area contributed by atoms with Crippen LogP contribution in [0.1, 0.15) is 31.4 Å². The Hall–Kier alpha value is -2.40. The highest BCUT2D eigenvalue weighted by atomic mass is 16.5. The smallest absolute Gasteiger partial charge is 0.145 e. The Balaban J connectivity index is 1.49. The Bertz CT molecular complexity index is 846. The predicted octanol–water partition coefficient (Wildman–Crippen LogP) is 3.88. The summed E-state index contributed by atoms with van der Waals surface area (Å²) in [5, 5.41) is 5.46. The number of hydrogen-bond acceptors (Lipinski definition) is 4. The van der Waals surface area contributed by atoms with Gasteiger partial charge >= 0.3 is 0 Å². The summed E-state index contributed by atoms with van der Waals surface area (Å²) in [6.45, 7) is 3.03. The number of fused-ring (bicyclic) bond motifs is 1. The summed E-state index contributed by atoms with van der Waals surface area (Å²) in [6, 6.07) is 13.0. The summed E-state index contributed by atoms with van der Waals surface area (Å²) in [4.78, 5) is 7.49. The Morgan fingerprint density at radius 3 is 2.96 bits per heavy atom. The Kier molecular flexibility index (Phi) is 5.16. The molecule has 1 atom stereocenters. The number of benzene rings is 1. The van der Waals surface area contributed by atoms with Crippen molar-refractivity contribution in [2.45, 2.75) is 44.8 Å². The van der Waals surface area contributed by atoms with Crippen LogP contribution in [0.4, 0.5) is 0 Å². The number of nitrogens with zero attached hydrogens (tertiary/aromatic N) is 4. The molecule has 3 aromatic rings. The highest BCUT2D eigenvalue weighted by Crippen LogP contribution is 2.26. The number of rotatable bonds is 6. The zero-order chi connectivity index (χ0) is 17.8. The first-order chi connectivity index (χ1) is 12.8. The topological polar surface area (TPSA) is 43.2 Å². The minimum atomic E-state index is 0.600. The van der Waals surface area contributed by atoms with Crippen LogP contribution in [0.3, 0.4) is 0 Å². The molecule has 26 heavy (non-hydrogen) atoms. The standard InChI is InChI=1S/C21H26N4O/c1-26-20-8-4-6-17-9-10-18(23-21(17)20)16-24-13-3-2-7-19(24)11-15-25-14-5-12-22-25/h4-6,8-10,12,14,19H,2-3,7,11,13,15-16H2,1H3. The van der Waals surface area contributed by atoms with Crippen LogP contribution in [0.5, 0.6) is 5.75 Å². The first-order valence-electron chi connectivity index (χ1n) is 9.47.